The van der Waals surface area contributed by atoms with E-state index < -0.39 is 10.8 Å². The summed E-state index contributed by atoms with van der Waals surface area (Å²) in [5, 5.41) is 4.33. The van der Waals surface area contributed by atoms with E-state index in [4.69, 9.17) is 17.3 Å². The second kappa shape index (κ2) is 4.85. The first-order valence-corrected chi connectivity index (χ1v) is 6.54. The molecule has 0 aliphatic heterocycles. The van der Waals surface area contributed by atoms with E-state index in [2.05, 4.69) is 10.1 Å². The number of anilines is 1. The van der Waals surface area contributed by atoms with Crippen molar-refractivity contribution in [3.63, 3.8) is 0 Å². The lowest BCUT2D eigenvalue weighted by Crippen LogP contribution is -2.05. The molecule has 90 valence electrons. The Morgan fingerprint density at radius 1 is 1.53 bits per heavy atom. The highest BCUT2D eigenvalue weighted by atomic mass is 35.5. The average Bonchev–Trinajstić information content (AvgIpc) is 2.64. The molecule has 2 rings (SSSR count). The van der Waals surface area contributed by atoms with Gasteiger partial charge >= 0.3 is 0 Å². The van der Waals surface area contributed by atoms with Gasteiger partial charge in [-0.15, -0.1) is 0 Å². The van der Waals surface area contributed by atoms with Crippen LogP contribution in [-0.4, -0.2) is 19.0 Å². The predicted molar refractivity (Wildman–Crippen MR) is 67.0 cm³/mol. The number of halogens is 1. The number of aromatic nitrogens is 3. The molecule has 2 aromatic rings. The van der Waals surface area contributed by atoms with Gasteiger partial charge in [0.15, 0.2) is 0 Å². The van der Waals surface area contributed by atoms with Gasteiger partial charge in [0.25, 0.3) is 0 Å². The Morgan fingerprint density at radius 3 is 2.88 bits per heavy atom. The molecule has 2 N–H and O–H groups in total. The Balaban J connectivity index is 2.23. The predicted octanol–water partition coefficient (Wildman–Crippen LogP) is 1.36. The van der Waals surface area contributed by atoms with Gasteiger partial charge in [-0.3, -0.25) is 8.89 Å². The average molecular weight is 271 g/mol. The number of hydrogen-bond donors (Lipinski definition) is 1. The molecular formula is C10H11ClN4OS. The van der Waals surface area contributed by atoms with Gasteiger partial charge in [-0.2, -0.15) is 5.10 Å². The molecule has 5 nitrogen and oxygen atoms in total. The first-order chi connectivity index (χ1) is 8.08. The molecule has 0 radical (unpaired) electrons. The topological polar surface area (TPSA) is 73.8 Å². The van der Waals surface area contributed by atoms with Crippen LogP contribution in [0.15, 0.2) is 29.4 Å². The number of benzene rings is 1. The van der Waals surface area contributed by atoms with Crippen molar-refractivity contribution in [2.45, 2.75) is 10.6 Å². The third-order valence-corrected chi connectivity index (χ3v) is 4.06. The van der Waals surface area contributed by atoms with Crippen LogP contribution < -0.4 is 5.73 Å². The van der Waals surface area contributed by atoms with Crippen LogP contribution in [0.5, 0.6) is 0 Å². The minimum Gasteiger partial charge on any atom is -0.399 e. The zero-order valence-corrected chi connectivity index (χ0v) is 10.7. The van der Waals surface area contributed by atoms with Crippen LogP contribution in [0.25, 0.3) is 0 Å². The second-order valence-corrected chi connectivity index (χ2v) is 5.31. The lowest BCUT2D eigenvalue weighted by Gasteiger charge is -2.05. The highest BCUT2D eigenvalue weighted by Gasteiger charge is 2.12. The van der Waals surface area contributed by atoms with E-state index in [9.17, 15) is 4.21 Å². The number of nitrogens with two attached hydrogens (primary N) is 1. The number of aryl methyl sites for hydroxylation is 1. The van der Waals surface area contributed by atoms with Crippen LogP contribution in [-0.2, 0) is 23.6 Å². The molecule has 0 fully saturated rings. The van der Waals surface area contributed by atoms with Crippen molar-refractivity contribution in [1.29, 1.82) is 0 Å². The van der Waals surface area contributed by atoms with Crippen LogP contribution >= 0.6 is 11.6 Å². The SMILES string of the molecule is Cn1ncnc1CS(=O)c1ccc(N)cc1Cl. The number of hydrogen-bond acceptors (Lipinski definition) is 4. The third kappa shape index (κ3) is 2.65. The Kier molecular flexibility index (Phi) is 3.44. The maximum Gasteiger partial charge on any atom is 0.139 e. The Morgan fingerprint density at radius 2 is 2.29 bits per heavy atom. The van der Waals surface area contributed by atoms with E-state index in [1.165, 1.54) is 6.33 Å². The standard InChI is InChI=1S/C10H11ClN4OS/c1-15-10(13-6-14-15)5-17(16)9-3-2-7(12)4-8(9)11/h2-4,6H,5,12H2,1H3. The van der Waals surface area contributed by atoms with Crippen molar-refractivity contribution < 1.29 is 4.21 Å². The molecule has 0 amide bonds. The fraction of sp³-hybridized carbons (Fsp3) is 0.200. The van der Waals surface area contributed by atoms with Crippen LogP contribution in [0, 0.1) is 0 Å². The highest BCUT2D eigenvalue weighted by molar-refractivity contribution is 7.84. The summed E-state index contributed by atoms with van der Waals surface area (Å²) in [5.74, 6) is 0.927. The molecule has 1 aromatic carbocycles. The van der Waals surface area contributed by atoms with Gasteiger partial charge in [0.05, 0.1) is 26.5 Å². The maximum atomic E-state index is 12.1. The molecule has 1 unspecified atom stereocenters. The summed E-state index contributed by atoms with van der Waals surface area (Å²) in [6, 6.07) is 4.94. The van der Waals surface area contributed by atoms with E-state index in [1.807, 2.05) is 0 Å². The van der Waals surface area contributed by atoms with Gasteiger partial charge in [0.2, 0.25) is 0 Å². The quantitative estimate of drug-likeness (QED) is 0.855. The van der Waals surface area contributed by atoms with Crippen LogP contribution in [0.4, 0.5) is 5.69 Å². The molecule has 0 aliphatic rings. The van der Waals surface area contributed by atoms with Crippen LogP contribution in [0.3, 0.4) is 0 Å². The fourth-order valence-corrected chi connectivity index (χ4v) is 2.94. The summed E-state index contributed by atoms with van der Waals surface area (Å²) in [4.78, 5) is 4.58. The van der Waals surface area contributed by atoms with Crippen molar-refractivity contribution in [1.82, 2.24) is 14.8 Å². The fourth-order valence-electron chi connectivity index (χ4n) is 1.35. The largest absolute Gasteiger partial charge is 0.399 e. The second-order valence-electron chi connectivity index (χ2n) is 3.48. The Hall–Kier alpha value is -1.40. The monoisotopic (exact) mass is 270 g/mol. The molecule has 0 aliphatic carbocycles. The first kappa shape index (κ1) is 12.1. The summed E-state index contributed by atoms with van der Waals surface area (Å²) in [6.07, 6.45) is 1.43. The number of nitrogen functional groups attached to an aromatic ring is 1. The molecule has 17 heavy (non-hydrogen) atoms. The van der Waals surface area contributed by atoms with Gasteiger partial charge in [-0.1, -0.05) is 11.6 Å². The van der Waals surface area contributed by atoms with Gasteiger partial charge in [-0.25, -0.2) is 4.98 Å². The Labute approximate surface area is 106 Å². The number of nitrogens with zero attached hydrogens (tertiary/aromatic N) is 3. The van der Waals surface area contributed by atoms with Crippen LogP contribution in [0.2, 0.25) is 5.02 Å². The highest BCUT2D eigenvalue weighted by Crippen LogP contribution is 2.23. The van der Waals surface area contributed by atoms with Crippen molar-refractivity contribution in [2.75, 3.05) is 5.73 Å². The van der Waals surface area contributed by atoms with Gasteiger partial charge in [0, 0.05) is 12.7 Å². The molecule has 0 bridgehead atoms. The third-order valence-electron chi connectivity index (χ3n) is 2.27. The van der Waals surface area contributed by atoms with Gasteiger partial charge in [0.1, 0.15) is 12.2 Å². The zero-order valence-electron chi connectivity index (χ0n) is 9.13. The van der Waals surface area contributed by atoms with Gasteiger partial charge in [-0.05, 0) is 18.2 Å². The smallest absolute Gasteiger partial charge is 0.139 e. The molecule has 1 heterocycles. The maximum absolute atomic E-state index is 12.1. The molecule has 0 spiro atoms. The van der Waals surface area contributed by atoms with E-state index in [0.29, 0.717) is 21.4 Å². The van der Waals surface area contributed by atoms with E-state index in [0.717, 1.165) is 0 Å². The molecule has 0 saturated carbocycles. The molecule has 1 atom stereocenters. The summed E-state index contributed by atoms with van der Waals surface area (Å²) in [6.45, 7) is 0. The van der Waals surface area contributed by atoms with E-state index in [-0.39, 0.29) is 5.75 Å². The van der Waals surface area contributed by atoms with Crippen LogP contribution in [0.1, 0.15) is 5.82 Å². The first-order valence-electron chi connectivity index (χ1n) is 4.84. The summed E-state index contributed by atoms with van der Waals surface area (Å²) < 4.78 is 13.7. The van der Waals surface area contributed by atoms with E-state index in [1.54, 1.807) is 29.9 Å². The van der Waals surface area contributed by atoms with Gasteiger partial charge < -0.3 is 5.73 Å². The minimum absolute atomic E-state index is 0.278. The van der Waals surface area contributed by atoms with Crippen molar-refractivity contribution in [3.05, 3.63) is 35.4 Å². The summed E-state index contributed by atoms with van der Waals surface area (Å²) >= 11 is 5.99. The minimum atomic E-state index is -1.25. The van der Waals surface area contributed by atoms with Crippen molar-refractivity contribution >= 4 is 28.1 Å². The van der Waals surface area contributed by atoms with E-state index >= 15 is 0 Å². The summed E-state index contributed by atoms with van der Waals surface area (Å²) in [7, 11) is 0.500. The van der Waals surface area contributed by atoms with Crippen molar-refractivity contribution in [2.24, 2.45) is 7.05 Å². The molecule has 0 saturated heterocycles. The molecular weight excluding hydrogens is 260 g/mol. The lowest BCUT2D eigenvalue weighted by atomic mass is 10.3. The Bertz CT molecular complexity index is 569. The normalized spacial score (nSPS) is 12.6. The number of rotatable bonds is 3. The molecule has 7 heteroatoms. The van der Waals surface area contributed by atoms with Crippen molar-refractivity contribution in [3.8, 4) is 0 Å². The lowest BCUT2D eigenvalue weighted by molar-refractivity contribution is 0.675. The summed E-state index contributed by atoms with van der Waals surface area (Å²) in [5.41, 5.74) is 6.13. The zero-order chi connectivity index (χ0) is 12.4. The molecule has 1 aromatic heterocycles.